The van der Waals surface area contributed by atoms with Crippen molar-refractivity contribution in [1.29, 1.82) is 0 Å². The van der Waals surface area contributed by atoms with Gasteiger partial charge in [-0.15, -0.1) is 0 Å². The maximum Gasteiger partial charge on any atom is 0.110 e. The smallest absolute Gasteiger partial charge is 0.110 e. The third kappa shape index (κ3) is 2.15. The van der Waals surface area contributed by atoms with Gasteiger partial charge in [-0.25, -0.2) is 4.98 Å². The van der Waals surface area contributed by atoms with E-state index in [1.165, 1.54) is 42.6 Å². The van der Waals surface area contributed by atoms with Crippen LogP contribution in [0.5, 0.6) is 0 Å². The standard InChI is InChI=1S/C15H21N3/c1-10-3-8-13-14(9-10)18-15(17-13)11-4-6-12(16-2)7-5-11/h3,8-9,11-12,16H,4-7H2,1-2H3,(H,17,18). The second-order valence-corrected chi connectivity index (χ2v) is 5.48. The molecule has 96 valence electrons. The number of aryl methyl sites for hydroxylation is 1. The summed E-state index contributed by atoms with van der Waals surface area (Å²) in [5.41, 5.74) is 3.57. The second kappa shape index (κ2) is 4.73. The Kier molecular flexibility index (Phi) is 3.08. The van der Waals surface area contributed by atoms with E-state index in [9.17, 15) is 0 Å². The Labute approximate surface area is 108 Å². The molecule has 1 aromatic heterocycles. The van der Waals surface area contributed by atoms with Gasteiger partial charge in [-0.2, -0.15) is 0 Å². The van der Waals surface area contributed by atoms with E-state index >= 15 is 0 Å². The molecule has 0 radical (unpaired) electrons. The van der Waals surface area contributed by atoms with Gasteiger partial charge in [0.15, 0.2) is 0 Å². The van der Waals surface area contributed by atoms with Crippen LogP contribution in [0.2, 0.25) is 0 Å². The molecule has 1 fully saturated rings. The third-order valence-electron chi connectivity index (χ3n) is 4.18. The maximum atomic E-state index is 4.75. The van der Waals surface area contributed by atoms with E-state index in [1.807, 2.05) is 0 Å². The number of benzene rings is 1. The molecule has 1 aliphatic rings. The topological polar surface area (TPSA) is 40.7 Å². The van der Waals surface area contributed by atoms with Gasteiger partial charge in [-0.05, 0) is 57.4 Å². The highest BCUT2D eigenvalue weighted by Gasteiger charge is 2.23. The normalized spacial score (nSPS) is 24.6. The minimum atomic E-state index is 0.613. The molecule has 0 spiro atoms. The fraction of sp³-hybridized carbons (Fsp3) is 0.533. The summed E-state index contributed by atoms with van der Waals surface area (Å²) in [5.74, 6) is 1.80. The second-order valence-electron chi connectivity index (χ2n) is 5.48. The van der Waals surface area contributed by atoms with Crippen LogP contribution in [0.15, 0.2) is 18.2 Å². The number of imidazole rings is 1. The Morgan fingerprint density at radius 1 is 1.22 bits per heavy atom. The minimum absolute atomic E-state index is 0.613. The molecule has 0 amide bonds. The Balaban J connectivity index is 1.82. The van der Waals surface area contributed by atoms with E-state index in [1.54, 1.807) is 0 Å². The van der Waals surface area contributed by atoms with E-state index in [2.05, 4.69) is 42.5 Å². The highest BCUT2D eigenvalue weighted by molar-refractivity contribution is 5.75. The summed E-state index contributed by atoms with van der Waals surface area (Å²) in [6.07, 6.45) is 5.00. The fourth-order valence-electron chi connectivity index (χ4n) is 2.99. The SMILES string of the molecule is CNC1CCC(c2nc3ccc(C)cc3[nH]2)CC1. The molecule has 0 unspecified atom stereocenters. The van der Waals surface area contributed by atoms with Crippen LogP contribution in [0.25, 0.3) is 11.0 Å². The molecule has 1 heterocycles. The van der Waals surface area contributed by atoms with Gasteiger partial charge in [0.05, 0.1) is 11.0 Å². The molecule has 3 nitrogen and oxygen atoms in total. The van der Waals surface area contributed by atoms with Crippen LogP contribution in [-0.2, 0) is 0 Å². The Hall–Kier alpha value is -1.35. The molecule has 1 aliphatic carbocycles. The molecule has 0 saturated heterocycles. The highest BCUT2D eigenvalue weighted by atomic mass is 14.9. The van der Waals surface area contributed by atoms with E-state index in [0.717, 1.165) is 5.52 Å². The largest absolute Gasteiger partial charge is 0.342 e. The van der Waals surface area contributed by atoms with Gasteiger partial charge in [0, 0.05) is 12.0 Å². The first kappa shape index (κ1) is 11.7. The molecule has 1 aromatic carbocycles. The van der Waals surface area contributed by atoms with Crippen molar-refractivity contribution in [3.63, 3.8) is 0 Å². The number of aromatic amines is 1. The van der Waals surface area contributed by atoms with Gasteiger partial charge in [0.2, 0.25) is 0 Å². The molecule has 0 bridgehead atoms. The molecule has 18 heavy (non-hydrogen) atoms. The van der Waals surface area contributed by atoms with Gasteiger partial charge in [-0.1, -0.05) is 6.07 Å². The van der Waals surface area contributed by atoms with Crippen molar-refractivity contribution >= 4 is 11.0 Å². The van der Waals surface area contributed by atoms with Crippen LogP contribution >= 0.6 is 0 Å². The summed E-state index contributed by atoms with van der Waals surface area (Å²) >= 11 is 0. The molecule has 3 heteroatoms. The lowest BCUT2D eigenvalue weighted by Crippen LogP contribution is -2.29. The number of hydrogen-bond donors (Lipinski definition) is 2. The summed E-state index contributed by atoms with van der Waals surface area (Å²) in [5, 5.41) is 3.38. The summed E-state index contributed by atoms with van der Waals surface area (Å²) < 4.78 is 0. The predicted octanol–water partition coefficient (Wildman–Crippen LogP) is 3.12. The summed E-state index contributed by atoms with van der Waals surface area (Å²) in [6, 6.07) is 7.13. The van der Waals surface area contributed by atoms with Gasteiger partial charge in [0.1, 0.15) is 5.82 Å². The lowest BCUT2D eigenvalue weighted by atomic mass is 9.86. The van der Waals surface area contributed by atoms with Crippen LogP contribution in [0, 0.1) is 6.92 Å². The zero-order valence-corrected chi connectivity index (χ0v) is 11.2. The molecule has 1 saturated carbocycles. The summed E-state index contributed by atoms with van der Waals surface area (Å²) in [4.78, 5) is 8.26. The average molecular weight is 243 g/mol. The van der Waals surface area contributed by atoms with Gasteiger partial charge in [-0.3, -0.25) is 0 Å². The molecule has 2 N–H and O–H groups in total. The average Bonchev–Trinajstić information content (AvgIpc) is 2.81. The zero-order valence-electron chi connectivity index (χ0n) is 11.2. The lowest BCUT2D eigenvalue weighted by Gasteiger charge is -2.26. The molecule has 0 atom stereocenters. The minimum Gasteiger partial charge on any atom is -0.342 e. The van der Waals surface area contributed by atoms with Crippen LogP contribution in [0.1, 0.15) is 43.0 Å². The summed E-state index contributed by atoms with van der Waals surface area (Å²) in [6.45, 7) is 2.12. The fourth-order valence-corrected chi connectivity index (χ4v) is 2.99. The maximum absolute atomic E-state index is 4.75. The molecule has 0 aliphatic heterocycles. The van der Waals surface area contributed by atoms with Gasteiger partial charge in [0.25, 0.3) is 0 Å². The monoisotopic (exact) mass is 243 g/mol. The summed E-state index contributed by atoms with van der Waals surface area (Å²) in [7, 11) is 2.06. The number of aromatic nitrogens is 2. The number of hydrogen-bond acceptors (Lipinski definition) is 2. The van der Waals surface area contributed by atoms with Crippen molar-refractivity contribution < 1.29 is 0 Å². The van der Waals surface area contributed by atoms with E-state index in [0.29, 0.717) is 12.0 Å². The highest BCUT2D eigenvalue weighted by Crippen LogP contribution is 2.32. The van der Waals surface area contributed by atoms with E-state index in [-0.39, 0.29) is 0 Å². The zero-order chi connectivity index (χ0) is 12.5. The van der Waals surface area contributed by atoms with Crippen molar-refractivity contribution in [3.8, 4) is 0 Å². The third-order valence-corrected chi connectivity index (χ3v) is 4.18. The van der Waals surface area contributed by atoms with Crippen molar-refractivity contribution in [3.05, 3.63) is 29.6 Å². The number of nitrogens with zero attached hydrogens (tertiary/aromatic N) is 1. The Bertz CT molecular complexity index is 536. The van der Waals surface area contributed by atoms with Gasteiger partial charge < -0.3 is 10.3 Å². The number of nitrogens with one attached hydrogen (secondary N) is 2. The number of H-pyrrole nitrogens is 1. The lowest BCUT2D eigenvalue weighted by molar-refractivity contribution is 0.352. The molecule has 3 rings (SSSR count). The van der Waals surface area contributed by atoms with Crippen LogP contribution in [-0.4, -0.2) is 23.1 Å². The Morgan fingerprint density at radius 2 is 2.00 bits per heavy atom. The van der Waals surface area contributed by atoms with E-state index in [4.69, 9.17) is 4.98 Å². The number of fused-ring (bicyclic) bond motifs is 1. The first-order valence-electron chi connectivity index (χ1n) is 6.90. The molecule has 2 aromatic rings. The van der Waals surface area contributed by atoms with Crippen LogP contribution < -0.4 is 5.32 Å². The van der Waals surface area contributed by atoms with Crippen LogP contribution in [0.3, 0.4) is 0 Å². The molecular formula is C15H21N3. The molecular weight excluding hydrogens is 222 g/mol. The first-order valence-corrected chi connectivity index (χ1v) is 6.90. The van der Waals surface area contributed by atoms with Crippen LogP contribution in [0.4, 0.5) is 0 Å². The number of rotatable bonds is 2. The van der Waals surface area contributed by atoms with Gasteiger partial charge >= 0.3 is 0 Å². The van der Waals surface area contributed by atoms with Crippen molar-refractivity contribution in [2.75, 3.05) is 7.05 Å². The Morgan fingerprint density at radius 3 is 2.72 bits per heavy atom. The van der Waals surface area contributed by atoms with Crippen molar-refractivity contribution in [1.82, 2.24) is 15.3 Å². The predicted molar refractivity (Wildman–Crippen MR) is 74.9 cm³/mol. The first-order chi connectivity index (χ1) is 8.76. The van der Waals surface area contributed by atoms with E-state index < -0.39 is 0 Å². The van der Waals surface area contributed by atoms with Crippen molar-refractivity contribution in [2.24, 2.45) is 0 Å². The van der Waals surface area contributed by atoms with Crippen molar-refractivity contribution in [2.45, 2.75) is 44.6 Å². The quantitative estimate of drug-likeness (QED) is 0.851.